The molecule has 8 atom stereocenters. The third-order valence-corrected chi connectivity index (χ3v) is 9.60. The van der Waals surface area contributed by atoms with Crippen LogP contribution in [-0.4, -0.2) is 39.1 Å². The number of fused-ring (bicyclic) bond motifs is 1. The Balaban J connectivity index is 1.67. The van der Waals surface area contributed by atoms with Crippen molar-refractivity contribution < 1.29 is 23.5 Å². The second-order valence-corrected chi connectivity index (χ2v) is 15.6. The van der Waals surface area contributed by atoms with Crippen LogP contribution in [-0.2, 0) is 23.5 Å². The number of esters is 2. The molecule has 5 aliphatic rings. The predicted octanol–water partition coefficient (Wildman–Crippen LogP) is 3.86. The van der Waals surface area contributed by atoms with E-state index in [4.69, 9.17) is 13.9 Å². The second kappa shape index (κ2) is 5.64. The van der Waals surface area contributed by atoms with Crippen LogP contribution in [0.1, 0.15) is 32.6 Å². The molecule has 1 saturated heterocycles. The summed E-state index contributed by atoms with van der Waals surface area (Å²) in [6, 6.07) is 0. The van der Waals surface area contributed by atoms with Crippen LogP contribution in [0.2, 0.25) is 19.6 Å². The number of methoxy groups -OCH3 is 1. The number of hydrogen-bond acceptors (Lipinski definition) is 5. The number of carbonyl (C=O) groups excluding carboxylic acids is 2. The summed E-state index contributed by atoms with van der Waals surface area (Å²) in [5.41, 5.74) is -0.444. The fourth-order valence-corrected chi connectivity index (χ4v) is 9.06. The molecule has 5 rings (SSSR count). The minimum atomic E-state index is -1.76. The highest BCUT2D eigenvalue weighted by Crippen LogP contribution is 2.77. The largest absolute Gasteiger partial charge is 0.469 e. The van der Waals surface area contributed by atoms with E-state index in [2.05, 4.69) is 32.3 Å². The first-order chi connectivity index (χ1) is 13.5. The zero-order valence-electron chi connectivity index (χ0n) is 18.1. The van der Waals surface area contributed by atoms with Gasteiger partial charge in [-0.15, -0.1) is 0 Å². The molecule has 1 aliphatic heterocycles. The smallest absolute Gasteiger partial charge is 0.316 e. The van der Waals surface area contributed by atoms with Crippen LogP contribution in [0.3, 0.4) is 0 Å². The van der Waals surface area contributed by atoms with Gasteiger partial charge in [0.25, 0.3) is 0 Å². The van der Waals surface area contributed by atoms with Crippen molar-refractivity contribution >= 4 is 20.3 Å². The lowest BCUT2D eigenvalue weighted by molar-refractivity contribution is -0.162. The van der Waals surface area contributed by atoms with Gasteiger partial charge >= 0.3 is 11.9 Å². The van der Waals surface area contributed by atoms with Gasteiger partial charge in [-0.3, -0.25) is 9.59 Å². The van der Waals surface area contributed by atoms with Gasteiger partial charge in [0.05, 0.1) is 24.5 Å². The van der Waals surface area contributed by atoms with E-state index in [1.165, 1.54) is 12.7 Å². The van der Waals surface area contributed by atoms with Crippen LogP contribution in [0, 0.1) is 34.5 Å². The highest BCUT2D eigenvalue weighted by molar-refractivity contribution is 6.69. The third kappa shape index (κ3) is 2.25. The topological polar surface area (TPSA) is 61.8 Å². The van der Waals surface area contributed by atoms with E-state index in [1.807, 2.05) is 13.0 Å². The van der Waals surface area contributed by atoms with Crippen molar-refractivity contribution in [2.45, 2.75) is 64.0 Å². The minimum absolute atomic E-state index is 0.0941. The fraction of sp³-hybridized carbons (Fsp3) is 0.739. The Bertz CT molecular complexity index is 843. The monoisotopic (exact) mass is 416 g/mol. The van der Waals surface area contributed by atoms with Crippen molar-refractivity contribution in [3.63, 3.8) is 0 Å². The number of hydrogen-bond donors (Lipinski definition) is 0. The lowest BCUT2D eigenvalue weighted by Crippen LogP contribution is -2.49. The van der Waals surface area contributed by atoms with Crippen LogP contribution >= 0.6 is 0 Å². The summed E-state index contributed by atoms with van der Waals surface area (Å²) in [5, 5.41) is 0. The average Bonchev–Trinajstić information content (AvgIpc) is 3.08. The molecule has 4 bridgehead atoms. The van der Waals surface area contributed by atoms with E-state index in [-0.39, 0.29) is 47.1 Å². The van der Waals surface area contributed by atoms with Crippen LogP contribution in [0.15, 0.2) is 24.3 Å². The SMILES string of the molecule is C=C1C[C@]23C[C@H]1[C@@H](O[Si](C)(C)C)CC2[C@@]12CC=CC(C)(C(=O)O1)C2[C@@H]3C(=O)OC. The van der Waals surface area contributed by atoms with Crippen molar-refractivity contribution in [2.75, 3.05) is 7.11 Å². The maximum atomic E-state index is 13.2. The first kappa shape index (κ1) is 19.6. The van der Waals surface area contributed by atoms with Gasteiger partial charge in [-0.05, 0) is 51.2 Å². The van der Waals surface area contributed by atoms with Gasteiger partial charge in [-0.1, -0.05) is 24.3 Å². The van der Waals surface area contributed by atoms with Gasteiger partial charge in [0.2, 0.25) is 0 Å². The lowest BCUT2D eigenvalue weighted by atomic mass is 9.62. The Morgan fingerprint density at radius 3 is 2.72 bits per heavy atom. The van der Waals surface area contributed by atoms with E-state index in [0.29, 0.717) is 6.42 Å². The maximum absolute atomic E-state index is 13.2. The molecule has 0 aromatic carbocycles. The molecule has 0 aromatic heterocycles. The van der Waals surface area contributed by atoms with Crippen LogP contribution in [0.25, 0.3) is 0 Å². The third-order valence-electron chi connectivity index (χ3n) is 8.59. The number of ether oxygens (including phenoxy) is 2. The molecule has 0 aromatic rings. The number of carbonyl (C=O) groups is 2. The summed E-state index contributed by atoms with van der Waals surface area (Å²) < 4.78 is 18.3. The van der Waals surface area contributed by atoms with Crippen LogP contribution < -0.4 is 0 Å². The van der Waals surface area contributed by atoms with Crippen molar-refractivity contribution in [3.05, 3.63) is 24.3 Å². The Labute approximate surface area is 174 Å². The maximum Gasteiger partial charge on any atom is 0.316 e. The summed E-state index contributed by atoms with van der Waals surface area (Å²) in [4.78, 5) is 26.2. The normalized spacial score (nSPS) is 49.6. The first-order valence-corrected chi connectivity index (χ1v) is 14.2. The zero-order chi connectivity index (χ0) is 21.0. The van der Waals surface area contributed by atoms with E-state index >= 15 is 0 Å². The predicted molar refractivity (Wildman–Crippen MR) is 110 cm³/mol. The van der Waals surface area contributed by atoms with Crippen molar-refractivity contribution in [1.29, 1.82) is 0 Å². The zero-order valence-corrected chi connectivity index (χ0v) is 19.1. The summed E-state index contributed by atoms with van der Waals surface area (Å²) in [7, 11) is -0.292. The molecule has 4 fully saturated rings. The fourth-order valence-electron chi connectivity index (χ4n) is 7.89. The second-order valence-electron chi connectivity index (χ2n) is 11.1. The van der Waals surface area contributed by atoms with Crippen molar-refractivity contribution in [1.82, 2.24) is 0 Å². The van der Waals surface area contributed by atoms with E-state index in [9.17, 15) is 9.59 Å². The molecule has 0 N–H and O–H groups in total. The molecule has 3 unspecified atom stereocenters. The van der Waals surface area contributed by atoms with Crippen molar-refractivity contribution in [3.8, 4) is 0 Å². The average molecular weight is 417 g/mol. The van der Waals surface area contributed by atoms with Gasteiger partial charge < -0.3 is 13.9 Å². The van der Waals surface area contributed by atoms with Crippen LogP contribution in [0.4, 0.5) is 0 Å². The molecule has 0 amide bonds. The highest BCUT2D eigenvalue weighted by Gasteiger charge is 2.82. The Morgan fingerprint density at radius 2 is 2.07 bits per heavy atom. The molecule has 4 aliphatic carbocycles. The molecule has 0 radical (unpaired) electrons. The van der Waals surface area contributed by atoms with Crippen LogP contribution in [0.5, 0.6) is 0 Å². The van der Waals surface area contributed by atoms with E-state index < -0.39 is 19.3 Å². The first-order valence-electron chi connectivity index (χ1n) is 10.8. The molecule has 3 saturated carbocycles. The lowest BCUT2D eigenvalue weighted by Gasteiger charge is -2.47. The number of rotatable bonds is 3. The summed E-state index contributed by atoms with van der Waals surface area (Å²) >= 11 is 0. The van der Waals surface area contributed by atoms with Gasteiger partial charge in [-0.2, -0.15) is 0 Å². The summed E-state index contributed by atoms with van der Waals surface area (Å²) in [6.07, 6.45) is 7.37. The van der Waals surface area contributed by atoms with E-state index in [0.717, 1.165) is 19.3 Å². The minimum Gasteiger partial charge on any atom is -0.469 e. The molecular weight excluding hydrogens is 384 g/mol. The molecule has 29 heavy (non-hydrogen) atoms. The van der Waals surface area contributed by atoms with Gasteiger partial charge in [-0.25, -0.2) is 0 Å². The quantitative estimate of drug-likeness (QED) is 0.397. The standard InChI is InChI=1S/C23H32O5Si/c1-13-11-22-12-14(13)15(28-29(4,5)6)10-16(22)23-9-7-8-21(2,20(25)27-23)18(23)17(22)19(24)26-3/h7-8,14-18H,1,9-12H2,2-6H3/t14-,15+,16?,17-,18?,21?,22+,23-/m1/s1. The van der Waals surface area contributed by atoms with Gasteiger partial charge in [0, 0.05) is 24.2 Å². The molecule has 5 nitrogen and oxygen atoms in total. The van der Waals surface area contributed by atoms with Gasteiger partial charge in [0.15, 0.2) is 8.32 Å². The summed E-state index contributed by atoms with van der Waals surface area (Å²) in [5.74, 6) is -0.537. The summed E-state index contributed by atoms with van der Waals surface area (Å²) in [6.45, 7) is 13.0. The Hall–Kier alpha value is -1.40. The Kier molecular flexibility index (Phi) is 3.80. The Morgan fingerprint density at radius 1 is 1.34 bits per heavy atom. The van der Waals surface area contributed by atoms with Gasteiger partial charge in [0.1, 0.15) is 5.60 Å². The molecule has 6 heteroatoms. The molecule has 1 spiro atoms. The van der Waals surface area contributed by atoms with E-state index in [1.54, 1.807) is 0 Å². The molecule has 1 heterocycles. The highest BCUT2D eigenvalue weighted by atomic mass is 28.4. The molecular formula is C23H32O5Si. The van der Waals surface area contributed by atoms with Crippen molar-refractivity contribution in [2.24, 2.45) is 34.5 Å². The molecule has 158 valence electrons.